The molecular weight excluding hydrogens is 284 g/mol. The van der Waals surface area contributed by atoms with Crippen LogP contribution in [0, 0.1) is 0 Å². The first-order chi connectivity index (χ1) is 9.71. The van der Waals surface area contributed by atoms with Gasteiger partial charge in [-0.05, 0) is 58.2 Å². The lowest BCUT2D eigenvalue weighted by atomic mass is 9.79. The van der Waals surface area contributed by atoms with Gasteiger partial charge in [-0.3, -0.25) is 4.79 Å². The van der Waals surface area contributed by atoms with Crippen molar-refractivity contribution in [1.29, 1.82) is 0 Å². The molecule has 0 spiro atoms. The topological polar surface area (TPSA) is 41.1 Å². The van der Waals surface area contributed by atoms with Crippen LogP contribution in [-0.4, -0.2) is 23.0 Å². The van der Waals surface area contributed by atoms with Gasteiger partial charge in [-0.2, -0.15) is 0 Å². The average Bonchev–Trinajstić information content (AvgIpc) is 2.35. The predicted molar refractivity (Wildman–Crippen MR) is 87.8 cm³/mol. The molecule has 1 amide bonds. The van der Waals surface area contributed by atoms with Crippen LogP contribution in [0.1, 0.15) is 56.5 Å². The zero-order chi connectivity index (χ0) is 15.7. The average molecular weight is 309 g/mol. The SMILES string of the molecule is CC1(C)CC(NC(=O)c2ccc(CCl)cc2)CC(C)(C)N1. The van der Waals surface area contributed by atoms with E-state index in [2.05, 4.69) is 38.3 Å². The summed E-state index contributed by atoms with van der Waals surface area (Å²) in [4.78, 5) is 12.4. The zero-order valence-electron chi connectivity index (χ0n) is 13.3. The molecule has 0 atom stereocenters. The number of nitrogens with one attached hydrogen (secondary N) is 2. The Hall–Kier alpha value is -1.06. The Bertz CT molecular complexity index is 492. The van der Waals surface area contributed by atoms with Crippen LogP contribution in [0.15, 0.2) is 24.3 Å². The highest BCUT2D eigenvalue weighted by Crippen LogP contribution is 2.28. The Morgan fingerprint density at radius 3 is 2.19 bits per heavy atom. The van der Waals surface area contributed by atoms with Gasteiger partial charge in [-0.15, -0.1) is 11.6 Å². The van der Waals surface area contributed by atoms with E-state index in [1.807, 2.05) is 24.3 Å². The summed E-state index contributed by atoms with van der Waals surface area (Å²) in [5.41, 5.74) is 1.78. The zero-order valence-corrected chi connectivity index (χ0v) is 14.1. The maximum absolute atomic E-state index is 12.4. The first-order valence-electron chi connectivity index (χ1n) is 7.46. The van der Waals surface area contributed by atoms with Crippen LogP contribution in [-0.2, 0) is 5.88 Å². The van der Waals surface area contributed by atoms with E-state index in [1.165, 1.54) is 0 Å². The Labute approximate surface area is 132 Å². The molecule has 1 saturated heterocycles. The Balaban J connectivity index is 2.04. The second-order valence-corrected chi connectivity index (χ2v) is 7.57. The van der Waals surface area contributed by atoms with Gasteiger partial charge in [0.15, 0.2) is 0 Å². The van der Waals surface area contributed by atoms with E-state index in [0.29, 0.717) is 11.4 Å². The number of piperidine rings is 1. The third-order valence-electron chi connectivity index (χ3n) is 3.90. The molecule has 0 unspecified atom stereocenters. The highest BCUT2D eigenvalue weighted by atomic mass is 35.5. The summed E-state index contributed by atoms with van der Waals surface area (Å²) in [7, 11) is 0. The number of benzene rings is 1. The molecule has 0 radical (unpaired) electrons. The molecule has 0 aliphatic carbocycles. The van der Waals surface area contributed by atoms with Gasteiger partial charge in [-0.1, -0.05) is 12.1 Å². The van der Waals surface area contributed by atoms with Crippen molar-refractivity contribution < 1.29 is 4.79 Å². The number of carbonyl (C=O) groups is 1. The van der Waals surface area contributed by atoms with Crippen molar-refractivity contribution in [3.05, 3.63) is 35.4 Å². The lowest BCUT2D eigenvalue weighted by Crippen LogP contribution is -2.62. The summed E-state index contributed by atoms with van der Waals surface area (Å²) in [6.45, 7) is 8.73. The molecule has 3 nitrogen and oxygen atoms in total. The maximum Gasteiger partial charge on any atom is 0.251 e. The highest BCUT2D eigenvalue weighted by Gasteiger charge is 2.38. The van der Waals surface area contributed by atoms with E-state index >= 15 is 0 Å². The molecule has 1 aromatic carbocycles. The van der Waals surface area contributed by atoms with E-state index in [-0.39, 0.29) is 23.0 Å². The number of carbonyl (C=O) groups excluding carboxylic acids is 1. The van der Waals surface area contributed by atoms with Crippen LogP contribution < -0.4 is 10.6 Å². The van der Waals surface area contributed by atoms with Crippen LogP contribution in [0.2, 0.25) is 0 Å². The van der Waals surface area contributed by atoms with Crippen molar-refractivity contribution in [1.82, 2.24) is 10.6 Å². The summed E-state index contributed by atoms with van der Waals surface area (Å²) in [6.07, 6.45) is 1.86. The molecule has 1 aliphatic rings. The van der Waals surface area contributed by atoms with Crippen LogP contribution in [0.25, 0.3) is 0 Å². The minimum absolute atomic E-state index is 0.00498. The molecule has 1 aromatic rings. The molecule has 116 valence electrons. The molecule has 2 N–H and O–H groups in total. The van der Waals surface area contributed by atoms with Gasteiger partial charge in [-0.25, -0.2) is 0 Å². The van der Waals surface area contributed by atoms with E-state index in [9.17, 15) is 4.79 Å². The first kappa shape index (κ1) is 16.3. The molecule has 1 heterocycles. The molecule has 2 rings (SSSR count). The molecule has 0 bridgehead atoms. The van der Waals surface area contributed by atoms with Gasteiger partial charge in [0.25, 0.3) is 5.91 Å². The summed E-state index contributed by atoms with van der Waals surface area (Å²) >= 11 is 5.77. The maximum atomic E-state index is 12.4. The van der Waals surface area contributed by atoms with E-state index in [1.54, 1.807) is 0 Å². The standard InChI is InChI=1S/C17H25ClN2O/c1-16(2)9-14(10-17(3,4)20-16)19-15(21)13-7-5-12(11-18)6-8-13/h5-8,14,20H,9-11H2,1-4H3,(H,19,21). The molecule has 1 aliphatic heterocycles. The van der Waals surface area contributed by atoms with E-state index in [4.69, 9.17) is 11.6 Å². The minimum Gasteiger partial charge on any atom is -0.349 e. The minimum atomic E-state index is -0.00498. The number of alkyl halides is 1. The second kappa shape index (κ2) is 5.98. The smallest absolute Gasteiger partial charge is 0.251 e. The lowest BCUT2D eigenvalue weighted by molar-refractivity contribution is 0.0873. The van der Waals surface area contributed by atoms with Gasteiger partial charge >= 0.3 is 0 Å². The van der Waals surface area contributed by atoms with Gasteiger partial charge in [0.2, 0.25) is 0 Å². The van der Waals surface area contributed by atoms with Gasteiger partial charge in [0.1, 0.15) is 0 Å². The van der Waals surface area contributed by atoms with Crippen LogP contribution >= 0.6 is 11.6 Å². The fourth-order valence-electron chi connectivity index (χ4n) is 3.44. The van der Waals surface area contributed by atoms with Crippen molar-refractivity contribution in [3.63, 3.8) is 0 Å². The summed E-state index contributed by atoms with van der Waals surface area (Å²) in [5.74, 6) is 0.466. The summed E-state index contributed by atoms with van der Waals surface area (Å²) in [6, 6.07) is 7.67. The van der Waals surface area contributed by atoms with Crippen molar-refractivity contribution in [2.75, 3.05) is 0 Å². The van der Waals surface area contributed by atoms with Crippen molar-refractivity contribution in [2.24, 2.45) is 0 Å². The highest BCUT2D eigenvalue weighted by molar-refractivity contribution is 6.17. The monoisotopic (exact) mass is 308 g/mol. The van der Waals surface area contributed by atoms with Crippen LogP contribution in [0.4, 0.5) is 0 Å². The molecule has 0 saturated carbocycles. The number of hydrogen-bond acceptors (Lipinski definition) is 2. The van der Waals surface area contributed by atoms with Crippen LogP contribution in [0.3, 0.4) is 0 Å². The third kappa shape index (κ3) is 4.45. The normalized spacial score (nSPS) is 21.0. The predicted octanol–water partition coefficient (Wildman–Crippen LogP) is 3.46. The lowest BCUT2D eigenvalue weighted by Gasteiger charge is -2.46. The Kier molecular flexibility index (Phi) is 4.64. The van der Waals surface area contributed by atoms with Gasteiger partial charge < -0.3 is 10.6 Å². The summed E-state index contributed by atoms with van der Waals surface area (Å²) in [5, 5.41) is 6.80. The molecule has 1 fully saturated rings. The van der Waals surface area contributed by atoms with Gasteiger partial charge in [0, 0.05) is 28.6 Å². The number of rotatable bonds is 3. The fourth-order valence-corrected chi connectivity index (χ4v) is 3.62. The fraction of sp³-hybridized carbons (Fsp3) is 0.588. The van der Waals surface area contributed by atoms with Crippen molar-refractivity contribution in [3.8, 4) is 0 Å². The third-order valence-corrected chi connectivity index (χ3v) is 4.20. The van der Waals surface area contributed by atoms with Crippen LogP contribution in [0.5, 0.6) is 0 Å². The Morgan fingerprint density at radius 1 is 1.19 bits per heavy atom. The summed E-state index contributed by atoms with van der Waals surface area (Å²) < 4.78 is 0. The number of amides is 1. The molecule has 4 heteroatoms. The molecule has 21 heavy (non-hydrogen) atoms. The molecule has 0 aromatic heterocycles. The number of hydrogen-bond donors (Lipinski definition) is 2. The largest absolute Gasteiger partial charge is 0.349 e. The van der Waals surface area contributed by atoms with Gasteiger partial charge in [0.05, 0.1) is 0 Å². The van der Waals surface area contributed by atoms with Crippen molar-refractivity contribution >= 4 is 17.5 Å². The Morgan fingerprint density at radius 2 is 1.71 bits per heavy atom. The van der Waals surface area contributed by atoms with E-state index < -0.39 is 0 Å². The van der Waals surface area contributed by atoms with E-state index in [0.717, 1.165) is 18.4 Å². The molecular formula is C17H25ClN2O. The number of halogens is 1. The second-order valence-electron chi connectivity index (χ2n) is 7.30. The first-order valence-corrected chi connectivity index (χ1v) is 7.99. The van der Waals surface area contributed by atoms with Crippen molar-refractivity contribution in [2.45, 2.75) is 63.5 Å². The quantitative estimate of drug-likeness (QED) is 0.840.